The van der Waals surface area contributed by atoms with Gasteiger partial charge in [-0.3, -0.25) is 4.79 Å². The van der Waals surface area contributed by atoms with Crippen molar-refractivity contribution in [1.29, 1.82) is 0 Å². The summed E-state index contributed by atoms with van der Waals surface area (Å²) in [5, 5.41) is 0. The smallest absolute Gasteiger partial charge is 0.223 e. The van der Waals surface area contributed by atoms with Gasteiger partial charge in [-0.1, -0.05) is 123 Å². The molecule has 0 spiro atoms. The lowest BCUT2D eigenvalue weighted by molar-refractivity contribution is -0.133. The average Bonchev–Trinajstić information content (AvgIpc) is 2.79. The molecular formula is C30H59NO. The molecule has 0 rings (SSSR count). The minimum atomic E-state index is -0.266. The van der Waals surface area contributed by atoms with Crippen molar-refractivity contribution in [2.24, 2.45) is 17.1 Å². The Bertz CT molecular complexity index is 434. The van der Waals surface area contributed by atoms with Crippen molar-refractivity contribution in [3.8, 4) is 0 Å². The third-order valence-corrected chi connectivity index (χ3v) is 7.45. The quantitative estimate of drug-likeness (QED) is 0.116. The van der Waals surface area contributed by atoms with Crippen molar-refractivity contribution in [1.82, 2.24) is 0 Å². The van der Waals surface area contributed by atoms with Crippen molar-refractivity contribution < 1.29 is 4.79 Å². The Labute approximate surface area is 202 Å². The molecule has 2 heteroatoms. The number of carbonyl (C=O) groups excluding carboxylic acids is 1. The Balaban J connectivity index is 4.47. The van der Waals surface area contributed by atoms with E-state index in [1.807, 2.05) is 0 Å². The van der Waals surface area contributed by atoms with Crippen LogP contribution < -0.4 is 5.73 Å². The maximum Gasteiger partial charge on any atom is 0.223 e. The van der Waals surface area contributed by atoms with E-state index in [0.717, 1.165) is 38.5 Å². The Morgan fingerprint density at radius 2 is 1.06 bits per heavy atom. The van der Waals surface area contributed by atoms with Crippen LogP contribution >= 0.6 is 0 Å². The molecule has 32 heavy (non-hydrogen) atoms. The highest BCUT2D eigenvalue weighted by atomic mass is 16.1. The highest BCUT2D eigenvalue weighted by Gasteiger charge is 2.42. The number of hydrogen-bond donors (Lipinski definition) is 1. The predicted octanol–water partition coefficient (Wildman–Crippen LogP) is 9.90. The van der Waals surface area contributed by atoms with Crippen LogP contribution in [0.3, 0.4) is 0 Å². The van der Waals surface area contributed by atoms with E-state index in [2.05, 4.69) is 39.8 Å². The van der Waals surface area contributed by atoms with Crippen LogP contribution in [0.1, 0.15) is 163 Å². The Morgan fingerprint density at radius 3 is 1.56 bits per heavy atom. The van der Waals surface area contributed by atoms with Crippen LogP contribution in [0.4, 0.5) is 0 Å². The van der Waals surface area contributed by atoms with Gasteiger partial charge in [0, 0.05) is 0 Å². The SMILES string of the molecule is CCCCCCCCC=CCCCCCC(CCCC)C(CCCC)(CCCC)C(N)=O. The van der Waals surface area contributed by atoms with E-state index in [9.17, 15) is 4.79 Å². The van der Waals surface area contributed by atoms with E-state index in [0.29, 0.717) is 5.92 Å². The molecule has 2 nitrogen and oxygen atoms in total. The zero-order chi connectivity index (χ0) is 23.9. The molecule has 0 aromatic rings. The van der Waals surface area contributed by atoms with E-state index in [1.54, 1.807) is 0 Å². The monoisotopic (exact) mass is 449 g/mol. The van der Waals surface area contributed by atoms with Gasteiger partial charge >= 0.3 is 0 Å². The number of unbranched alkanes of at least 4 members (excludes halogenated alkanes) is 12. The van der Waals surface area contributed by atoms with Gasteiger partial charge in [0.15, 0.2) is 0 Å². The van der Waals surface area contributed by atoms with Crippen LogP contribution in [0.2, 0.25) is 0 Å². The van der Waals surface area contributed by atoms with Crippen LogP contribution in [-0.2, 0) is 4.79 Å². The van der Waals surface area contributed by atoms with Gasteiger partial charge in [0.25, 0.3) is 0 Å². The van der Waals surface area contributed by atoms with Gasteiger partial charge in [-0.05, 0) is 57.3 Å². The van der Waals surface area contributed by atoms with Crippen LogP contribution in [0, 0.1) is 11.3 Å². The van der Waals surface area contributed by atoms with Gasteiger partial charge in [-0.15, -0.1) is 0 Å². The summed E-state index contributed by atoms with van der Waals surface area (Å²) in [6, 6.07) is 0. The maximum atomic E-state index is 12.8. The second-order valence-electron chi connectivity index (χ2n) is 10.2. The summed E-state index contributed by atoms with van der Waals surface area (Å²) in [7, 11) is 0. The zero-order valence-corrected chi connectivity index (χ0v) is 22.6. The van der Waals surface area contributed by atoms with Crippen LogP contribution in [0.15, 0.2) is 12.2 Å². The molecule has 1 unspecified atom stereocenters. The van der Waals surface area contributed by atoms with Crippen molar-refractivity contribution >= 4 is 5.91 Å². The van der Waals surface area contributed by atoms with E-state index in [-0.39, 0.29) is 11.3 Å². The summed E-state index contributed by atoms with van der Waals surface area (Å²) >= 11 is 0. The topological polar surface area (TPSA) is 43.1 Å². The molecule has 0 aliphatic heterocycles. The molecule has 0 aliphatic carbocycles. The standard InChI is InChI=1S/C30H59NO/c1-5-9-13-14-15-16-17-18-19-20-21-22-23-25-28(24-10-6-2)30(29(31)32,26-11-7-3)27-12-8-4/h18-19,28H,5-17,20-27H2,1-4H3,(H2,31,32). The Kier molecular flexibility index (Phi) is 21.5. The minimum absolute atomic E-state index is 0.0156. The molecule has 0 heterocycles. The second kappa shape index (κ2) is 22.0. The van der Waals surface area contributed by atoms with Crippen molar-refractivity contribution in [2.75, 3.05) is 0 Å². The number of primary amides is 1. The first kappa shape index (κ1) is 31.2. The fourth-order valence-corrected chi connectivity index (χ4v) is 5.22. The summed E-state index contributed by atoms with van der Waals surface area (Å²) in [6.07, 6.45) is 30.7. The Hall–Kier alpha value is -0.790. The first-order valence-corrected chi connectivity index (χ1v) is 14.5. The van der Waals surface area contributed by atoms with E-state index < -0.39 is 0 Å². The number of allylic oxidation sites excluding steroid dienone is 2. The lowest BCUT2D eigenvalue weighted by atomic mass is 9.65. The first-order valence-electron chi connectivity index (χ1n) is 14.5. The largest absolute Gasteiger partial charge is 0.369 e. The molecule has 0 radical (unpaired) electrons. The maximum absolute atomic E-state index is 12.8. The minimum Gasteiger partial charge on any atom is -0.369 e. The average molecular weight is 450 g/mol. The molecule has 0 bridgehead atoms. The molecule has 0 aromatic carbocycles. The number of hydrogen-bond acceptors (Lipinski definition) is 1. The summed E-state index contributed by atoms with van der Waals surface area (Å²) in [4.78, 5) is 12.8. The highest BCUT2D eigenvalue weighted by Crippen LogP contribution is 2.44. The second-order valence-corrected chi connectivity index (χ2v) is 10.2. The molecule has 190 valence electrons. The van der Waals surface area contributed by atoms with Crippen molar-refractivity contribution in [2.45, 2.75) is 163 Å². The predicted molar refractivity (Wildman–Crippen MR) is 144 cm³/mol. The van der Waals surface area contributed by atoms with Crippen LogP contribution in [0.5, 0.6) is 0 Å². The summed E-state index contributed by atoms with van der Waals surface area (Å²) in [6.45, 7) is 9.00. The van der Waals surface area contributed by atoms with Gasteiger partial charge in [0.2, 0.25) is 5.91 Å². The molecule has 0 aliphatic rings. The van der Waals surface area contributed by atoms with E-state index in [4.69, 9.17) is 5.73 Å². The van der Waals surface area contributed by atoms with Crippen molar-refractivity contribution in [3.63, 3.8) is 0 Å². The van der Waals surface area contributed by atoms with Crippen LogP contribution in [0.25, 0.3) is 0 Å². The van der Waals surface area contributed by atoms with Gasteiger partial charge in [0.05, 0.1) is 5.41 Å². The van der Waals surface area contributed by atoms with Gasteiger partial charge in [0.1, 0.15) is 0 Å². The van der Waals surface area contributed by atoms with Crippen molar-refractivity contribution in [3.05, 3.63) is 12.2 Å². The van der Waals surface area contributed by atoms with Gasteiger partial charge in [-0.25, -0.2) is 0 Å². The molecule has 0 fully saturated rings. The summed E-state index contributed by atoms with van der Waals surface area (Å²) < 4.78 is 0. The fraction of sp³-hybridized carbons (Fsp3) is 0.900. The Morgan fingerprint density at radius 1 is 0.625 bits per heavy atom. The molecule has 0 aromatic heterocycles. The highest BCUT2D eigenvalue weighted by molar-refractivity contribution is 5.81. The number of carbonyl (C=O) groups is 1. The van der Waals surface area contributed by atoms with E-state index >= 15 is 0 Å². The normalized spacial score (nSPS) is 13.1. The summed E-state index contributed by atoms with van der Waals surface area (Å²) in [5.41, 5.74) is 5.86. The third-order valence-electron chi connectivity index (χ3n) is 7.45. The fourth-order valence-electron chi connectivity index (χ4n) is 5.22. The molecule has 0 saturated carbocycles. The summed E-state index contributed by atoms with van der Waals surface area (Å²) in [5.74, 6) is 0.458. The third kappa shape index (κ3) is 14.4. The molecular weight excluding hydrogens is 390 g/mol. The molecule has 0 saturated heterocycles. The first-order chi connectivity index (χ1) is 15.6. The zero-order valence-electron chi connectivity index (χ0n) is 22.6. The number of amides is 1. The van der Waals surface area contributed by atoms with E-state index in [1.165, 1.54) is 96.3 Å². The lowest BCUT2D eigenvalue weighted by Crippen LogP contribution is -2.43. The van der Waals surface area contributed by atoms with Gasteiger partial charge in [-0.2, -0.15) is 0 Å². The number of nitrogens with two attached hydrogens (primary N) is 1. The van der Waals surface area contributed by atoms with Gasteiger partial charge < -0.3 is 5.73 Å². The number of rotatable bonds is 24. The lowest BCUT2D eigenvalue weighted by Gasteiger charge is -2.39. The molecule has 1 amide bonds. The molecule has 1 atom stereocenters. The molecule has 2 N–H and O–H groups in total. The van der Waals surface area contributed by atoms with Crippen LogP contribution in [-0.4, -0.2) is 5.91 Å².